The summed E-state index contributed by atoms with van der Waals surface area (Å²) in [6.45, 7) is 9.89. The van der Waals surface area contributed by atoms with Crippen LogP contribution in [0.3, 0.4) is 0 Å². The lowest BCUT2D eigenvalue weighted by Crippen LogP contribution is -2.36. The highest BCUT2D eigenvalue weighted by molar-refractivity contribution is 6.73. The van der Waals surface area contributed by atoms with Gasteiger partial charge < -0.3 is 9.53 Å². The second-order valence-corrected chi connectivity index (χ2v) is 9.20. The summed E-state index contributed by atoms with van der Waals surface area (Å²) < 4.78 is 6.15. The van der Waals surface area contributed by atoms with Gasteiger partial charge in [0.15, 0.2) is 8.32 Å². The third-order valence-corrected chi connectivity index (χ3v) is 8.18. The van der Waals surface area contributed by atoms with E-state index in [4.69, 9.17) is 9.53 Å². The first kappa shape index (κ1) is 15.9. The second kappa shape index (κ2) is 8.96. The van der Waals surface area contributed by atoms with Crippen LogP contribution >= 0.6 is 0 Å². The van der Waals surface area contributed by atoms with Crippen molar-refractivity contribution in [3.05, 3.63) is 11.6 Å². The van der Waals surface area contributed by atoms with Crippen LogP contribution in [0.4, 0.5) is 0 Å². The van der Waals surface area contributed by atoms with Crippen molar-refractivity contribution in [3.63, 3.8) is 0 Å². The van der Waals surface area contributed by atoms with Crippen LogP contribution in [0.25, 0.3) is 0 Å². The molecule has 16 heavy (non-hydrogen) atoms. The Bertz CT molecular complexity index is 190. The molecule has 0 spiro atoms. The molecule has 0 aromatic carbocycles. The van der Waals surface area contributed by atoms with E-state index in [1.54, 1.807) is 0 Å². The summed E-state index contributed by atoms with van der Waals surface area (Å²) in [6.07, 6.45) is 4.00. The molecular weight excluding hydrogens is 216 g/mol. The van der Waals surface area contributed by atoms with E-state index in [1.165, 1.54) is 23.7 Å². The molecule has 0 saturated carbocycles. The Hall–Kier alpha value is -0.123. The molecule has 1 N–H and O–H groups in total. The van der Waals surface area contributed by atoms with Gasteiger partial charge in [-0.3, -0.25) is 0 Å². The summed E-state index contributed by atoms with van der Waals surface area (Å²) in [5.74, 6) is 0. The van der Waals surface area contributed by atoms with Gasteiger partial charge in [0.25, 0.3) is 0 Å². The third-order valence-electron chi connectivity index (χ3n) is 3.50. The SMILES string of the molecule is CC[Si](CC)(CC)OCCC/C(C)=C/CO. The van der Waals surface area contributed by atoms with Crippen molar-refractivity contribution in [1.82, 2.24) is 0 Å². The van der Waals surface area contributed by atoms with Crippen LogP contribution < -0.4 is 0 Å². The molecule has 2 nitrogen and oxygen atoms in total. The van der Waals surface area contributed by atoms with E-state index in [9.17, 15) is 0 Å². The Morgan fingerprint density at radius 2 is 1.75 bits per heavy atom. The smallest absolute Gasteiger partial charge is 0.191 e. The number of aliphatic hydroxyl groups excluding tert-OH is 1. The maximum absolute atomic E-state index is 8.74. The number of aliphatic hydroxyl groups is 1. The topological polar surface area (TPSA) is 29.5 Å². The highest BCUT2D eigenvalue weighted by atomic mass is 28.4. The lowest BCUT2D eigenvalue weighted by Gasteiger charge is -2.27. The molecule has 0 aliphatic rings. The van der Waals surface area contributed by atoms with Gasteiger partial charge in [-0.1, -0.05) is 32.4 Å². The summed E-state index contributed by atoms with van der Waals surface area (Å²) in [4.78, 5) is 0. The lowest BCUT2D eigenvalue weighted by atomic mass is 10.2. The van der Waals surface area contributed by atoms with Crippen molar-refractivity contribution < 1.29 is 9.53 Å². The van der Waals surface area contributed by atoms with Crippen LogP contribution in [0.5, 0.6) is 0 Å². The minimum atomic E-state index is -1.38. The van der Waals surface area contributed by atoms with E-state index >= 15 is 0 Å². The number of hydrogen-bond acceptors (Lipinski definition) is 2. The molecular formula is C13H28O2Si. The molecule has 96 valence electrons. The van der Waals surface area contributed by atoms with Crippen molar-refractivity contribution in [3.8, 4) is 0 Å². The molecule has 0 unspecified atom stereocenters. The molecule has 0 aromatic rings. The predicted molar refractivity (Wildman–Crippen MR) is 73.2 cm³/mol. The average Bonchev–Trinajstić information content (AvgIpc) is 2.31. The van der Waals surface area contributed by atoms with Crippen LogP contribution in [0, 0.1) is 0 Å². The first-order chi connectivity index (χ1) is 7.64. The van der Waals surface area contributed by atoms with Crippen molar-refractivity contribution in [2.24, 2.45) is 0 Å². The zero-order valence-electron chi connectivity index (χ0n) is 11.4. The molecule has 0 bridgehead atoms. The largest absolute Gasteiger partial charge is 0.417 e. The second-order valence-electron chi connectivity index (χ2n) is 4.43. The minimum absolute atomic E-state index is 0.157. The average molecular weight is 244 g/mol. The van der Waals surface area contributed by atoms with Crippen LogP contribution in [0.15, 0.2) is 11.6 Å². The summed E-state index contributed by atoms with van der Waals surface area (Å²) >= 11 is 0. The van der Waals surface area contributed by atoms with Crippen LogP contribution in [-0.2, 0) is 4.43 Å². The third kappa shape index (κ3) is 5.82. The number of allylic oxidation sites excluding steroid dienone is 1. The first-order valence-electron chi connectivity index (χ1n) is 6.54. The van der Waals surface area contributed by atoms with Crippen molar-refractivity contribution >= 4 is 8.32 Å². The van der Waals surface area contributed by atoms with Gasteiger partial charge in [0.1, 0.15) is 0 Å². The maximum atomic E-state index is 8.74. The molecule has 0 fully saturated rings. The van der Waals surface area contributed by atoms with Crippen LogP contribution in [-0.4, -0.2) is 26.6 Å². The number of rotatable bonds is 9. The Kier molecular flexibility index (Phi) is 8.90. The molecule has 0 aliphatic heterocycles. The van der Waals surface area contributed by atoms with Crippen LogP contribution in [0.2, 0.25) is 18.1 Å². The maximum Gasteiger partial charge on any atom is 0.191 e. The van der Waals surface area contributed by atoms with Crippen molar-refractivity contribution in [2.45, 2.75) is 58.7 Å². The van der Waals surface area contributed by atoms with E-state index in [2.05, 4.69) is 27.7 Å². The van der Waals surface area contributed by atoms with E-state index in [0.717, 1.165) is 19.4 Å². The lowest BCUT2D eigenvalue weighted by molar-refractivity contribution is 0.292. The zero-order valence-corrected chi connectivity index (χ0v) is 12.4. The summed E-state index contributed by atoms with van der Waals surface area (Å²) in [5, 5.41) is 8.74. The fourth-order valence-corrected chi connectivity index (χ4v) is 4.64. The molecule has 0 atom stereocenters. The quantitative estimate of drug-likeness (QED) is 0.380. The van der Waals surface area contributed by atoms with Gasteiger partial charge in [-0.2, -0.15) is 0 Å². The predicted octanol–water partition coefficient (Wildman–Crippen LogP) is 3.73. The molecule has 0 heterocycles. The van der Waals surface area contributed by atoms with Gasteiger partial charge in [-0.25, -0.2) is 0 Å². The Balaban J connectivity index is 3.83. The minimum Gasteiger partial charge on any atom is -0.417 e. The van der Waals surface area contributed by atoms with Gasteiger partial charge in [-0.05, 0) is 37.9 Å². The van der Waals surface area contributed by atoms with E-state index in [-0.39, 0.29) is 6.61 Å². The Morgan fingerprint density at radius 1 is 1.19 bits per heavy atom. The molecule has 3 heteroatoms. The molecule has 0 aliphatic carbocycles. The van der Waals surface area contributed by atoms with Gasteiger partial charge >= 0.3 is 0 Å². The molecule has 0 saturated heterocycles. The molecule has 0 radical (unpaired) electrons. The zero-order chi connectivity index (χ0) is 12.4. The molecule has 0 rings (SSSR count). The van der Waals surface area contributed by atoms with Crippen molar-refractivity contribution in [2.75, 3.05) is 13.2 Å². The summed E-state index contributed by atoms with van der Waals surface area (Å²) in [6, 6.07) is 3.68. The van der Waals surface area contributed by atoms with E-state index in [0.29, 0.717) is 0 Å². The van der Waals surface area contributed by atoms with E-state index in [1.807, 2.05) is 6.08 Å². The highest BCUT2D eigenvalue weighted by Gasteiger charge is 2.27. The standard InChI is InChI=1S/C13H28O2Si/c1-5-16(6-2,7-3)15-12-8-9-13(4)10-11-14/h10,14H,5-9,11-12H2,1-4H3/b13-10+. The monoisotopic (exact) mass is 244 g/mol. The fourth-order valence-electron chi connectivity index (χ4n) is 1.95. The van der Waals surface area contributed by atoms with Gasteiger partial charge in [-0.15, -0.1) is 0 Å². The van der Waals surface area contributed by atoms with Gasteiger partial charge in [0.2, 0.25) is 0 Å². The summed E-state index contributed by atoms with van der Waals surface area (Å²) in [7, 11) is -1.38. The first-order valence-corrected chi connectivity index (χ1v) is 9.07. The summed E-state index contributed by atoms with van der Waals surface area (Å²) in [5.41, 5.74) is 1.27. The van der Waals surface area contributed by atoms with Crippen LogP contribution in [0.1, 0.15) is 40.5 Å². The molecule has 0 aromatic heterocycles. The Labute approximate surface area is 102 Å². The highest BCUT2D eigenvalue weighted by Crippen LogP contribution is 2.22. The molecule has 0 amide bonds. The van der Waals surface area contributed by atoms with Gasteiger partial charge in [0.05, 0.1) is 6.61 Å². The fraction of sp³-hybridized carbons (Fsp3) is 0.846. The van der Waals surface area contributed by atoms with Gasteiger partial charge in [0, 0.05) is 6.61 Å². The van der Waals surface area contributed by atoms with E-state index < -0.39 is 8.32 Å². The van der Waals surface area contributed by atoms with Crippen molar-refractivity contribution in [1.29, 1.82) is 0 Å². The Morgan fingerprint density at radius 3 is 2.19 bits per heavy atom. The number of hydrogen-bond donors (Lipinski definition) is 1. The normalized spacial score (nSPS) is 13.2.